The van der Waals surface area contributed by atoms with Crippen molar-refractivity contribution in [2.24, 2.45) is 7.05 Å². The molecule has 0 atom stereocenters. The first kappa shape index (κ1) is 20.6. The first-order chi connectivity index (χ1) is 12.4. The van der Waals surface area contributed by atoms with Gasteiger partial charge in [-0.05, 0) is 32.9 Å². The van der Waals surface area contributed by atoms with E-state index in [0.717, 1.165) is 12.1 Å². The summed E-state index contributed by atoms with van der Waals surface area (Å²) in [6, 6.07) is 3.08. The number of aromatic nitrogens is 1. The number of amides is 2. The van der Waals surface area contributed by atoms with Crippen molar-refractivity contribution in [1.82, 2.24) is 9.88 Å². The zero-order chi connectivity index (χ0) is 20.5. The number of anilines is 1. The van der Waals surface area contributed by atoms with Crippen LogP contribution in [0.15, 0.2) is 24.4 Å². The normalized spacial score (nSPS) is 11.2. The Kier molecular flexibility index (Phi) is 5.70. The summed E-state index contributed by atoms with van der Waals surface area (Å²) in [4.78, 5) is 36.6. The maximum absolute atomic E-state index is 13.4. The van der Waals surface area contributed by atoms with Gasteiger partial charge >= 0.3 is 0 Å². The maximum Gasteiger partial charge on any atom is 0.292 e. The van der Waals surface area contributed by atoms with Crippen molar-refractivity contribution in [3.8, 4) is 0 Å². The number of carbonyl (C=O) groups is 3. The number of nitrogens with zero attached hydrogens (tertiary/aromatic N) is 1. The number of nitrogens with one attached hydrogen (secondary N) is 2. The van der Waals surface area contributed by atoms with Gasteiger partial charge in [-0.3, -0.25) is 14.4 Å². The number of halogens is 3. The second-order valence-corrected chi connectivity index (χ2v) is 7.37. The van der Waals surface area contributed by atoms with E-state index in [1.54, 1.807) is 20.8 Å². The summed E-state index contributed by atoms with van der Waals surface area (Å²) in [7, 11) is 1.51. The fraction of sp³-hybridized carbons (Fsp3) is 0.278. The number of carbonyl (C=O) groups excluding carboxylic acids is 3. The molecule has 0 radical (unpaired) electrons. The highest BCUT2D eigenvalue weighted by Crippen LogP contribution is 2.23. The average molecular weight is 398 g/mol. The van der Waals surface area contributed by atoms with Gasteiger partial charge in [0.1, 0.15) is 5.69 Å². The summed E-state index contributed by atoms with van der Waals surface area (Å²) in [5, 5.41) is 4.43. The molecule has 0 fully saturated rings. The van der Waals surface area contributed by atoms with Crippen LogP contribution in [-0.4, -0.2) is 27.7 Å². The van der Waals surface area contributed by atoms with Crippen LogP contribution in [0.1, 0.15) is 41.6 Å². The molecule has 6 nitrogen and oxygen atoms in total. The zero-order valence-corrected chi connectivity index (χ0v) is 15.9. The van der Waals surface area contributed by atoms with E-state index < -0.39 is 39.8 Å². The van der Waals surface area contributed by atoms with Gasteiger partial charge < -0.3 is 15.2 Å². The van der Waals surface area contributed by atoms with Gasteiger partial charge in [0.05, 0.1) is 5.02 Å². The van der Waals surface area contributed by atoms with Crippen LogP contribution in [-0.2, 0) is 11.8 Å². The third kappa shape index (κ3) is 4.91. The summed E-state index contributed by atoms with van der Waals surface area (Å²) in [6.07, 6.45) is 1.33. The van der Waals surface area contributed by atoms with Crippen LogP contribution in [0, 0.1) is 11.6 Å². The number of hydrogen-bond acceptors (Lipinski definition) is 3. The van der Waals surface area contributed by atoms with E-state index >= 15 is 0 Å². The van der Waals surface area contributed by atoms with Crippen LogP contribution in [0.5, 0.6) is 0 Å². The minimum Gasteiger partial charge on any atom is -0.346 e. The molecule has 2 aromatic rings. The van der Waals surface area contributed by atoms with Crippen molar-refractivity contribution >= 4 is 34.9 Å². The number of aryl methyl sites for hydroxylation is 1. The standard InChI is InChI=1S/C18H18ClF2N3O3/c1-18(2,3)23-17(27)15(25)9-5-13(24(4)8-9)16(26)22-10-6-11(19)14(21)12(20)7-10/h5-8H,1-4H3,(H,22,26)(H,23,27). The van der Waals surface area contributed by atoms with E-state index in [0.29, 0.717) is 0 Å². The van der Waals surface area contributed by atoms with E-state index in [-0.39, 0.29) is 16.9 Å². The van der Waals surface area contributed by atoms with Crippen LogP contribution in [0.2, 0.25) is 5.02 Å². The van der Waals surface area contributed by atoms with Crippen LogP contribution >= 0.6 is 11.6 Å². The zero-order valence-electron chi connectivity index (χ0n) is 15.1. The molecule has 0 bridgehead atoms. The smallest absolute Gasteiger partial charge is 0.292 e. The molecule has 1 heterocycles. The Morgan fingerprint density at radius 2 is 1.74 bits per heavy atom. The Morgan fingerprint density at radius 3 is 2.30 bits per heavy atom. The molecule has 2 amide bonds. The number of ketones is 1. The van der Waals surface area contributed by atoms with Gasteiger partial charge in [-0.1, -0.05) is 11.6 Å². The van der Waals surface area contributed by atoms with Crippen molar-refractivity contribution in [3.63, 3.8) is 0 Å². The first-order valence-electron chi connectivity index (χ1n) is 7.88. The van der Waals surface area contributed by atoms with Crippen molar-refractivity contribution < 1.29 is 23.2 Å². The Hall–Kier alpha value is -2.74. The predicted octanol–water partition coefficient (Wildman–Crippen LogP) is 3.31. The highest BCUT2D eigenvalue weighted by molar-refractivity contribution is 6.43. The van der Waals surface area contributed by atoms with Gasteiger partial charge in [-0.2, -0.15) is 0 Å². The molecule has 1 aromatic carbocycles. The predicted molar refractivity (Wildman–Crippen MR) is 97.0 cm³/mol. The molecule has 2 rings (SSSR count). The van der Waals surface area contributed by atoms with Gasteiger partial charge in [0, 0.05) is 36.1 Å². The molecule has 0 saturated heterocycles. The lowest BCUT2D eigenvalue weighted by molar-refractivity contribution is -0.118. The van der Waals surface area contributed by atoms with Gasteiger partial charge in [0.2, 0.25) is 0 Å². The quantitative estimate of drug-likeness (QED) is 0.472. The largest absolute Gasteiger partial charge is 0.346 e. The second kappa shape index (κ2) is 7.48. The Labute approximate surface area is 159 Å². The SMILES string of the molecule is Cn1cc(C(=O)C(=O)NC(C)(C)C)cc1C(=O)Nc1cc(F)c(F)c(Cl)c1. The number of rotatable bonds is 4. The molecule has 0 saturated carbocycles. The third-order valence-electron chi connectivity index (χ3n) is 3.44. The van der Waals surface area contributed by atoms with Crippen molar-refractivity contribution in [3.05, 3.63) is 52.3 Å². The molecule has 0 unspecified atom stereocenters. The van der Waals surface area contributed by atoms with Crippen molar-refractivity contribution in [1.29, 1.82) is 0 Å². The van der Waals surface area contributed by atoms with Gasteiger partial charge in [0.15, 0.2) is 11.6 Å². The van der Waals surface area contributed by atoms with Crippen LogP contribution in [0.4, 0.5) is 14.5 Å². The molecule has 144 valence electrons. The fourth-order valence-corrected chi connectivity index (χ4v) is 2.47. The first-order valence-corrected chi connectivity index (χ1v) is 8.26. The third-order valence-corrected chi connectivity index (χ3v) is 3.71. The minimum absolute atomic E-state index is 0.0210. The Bertz CT molecular complexity index is 909. The molecule has 0 aliphatic carbocycles. The number of Topliss-reactive ketones (excluding diaryl/α,β-unsaturated/α-hetero) is 1. The molecule has 0 spiro atoms. The summed E-state index contributed by atoms with van der Waals surface area (Å²) in [5.41, 5.74) is -0.577. The fourth-order valence-electron chi connectivity index (χ4n) is 2.27. The van der Waals surface area contributed by atoms with Crippen LogP contribution in [0.3, 0.4) is 0 Å². The highest BCUT2D eigenvalue weighted by atomic mass is 35.5. The molecule has 0 aliphatic heterocycles. The monoisotopic (exact) mass is 397 g/mol. The molecule has 0 aliphatic rings. The van der Waals surface area contributed by atoms with Gasteiger partial charge in [-0.25, -0.2) is 8.78 Å². The Balaban J connectivity index is 2.22. The molecule has 2 N–H and O–H groups in total. The lowest BCUT2D eigenvalue weighted by atomic mass is 10.1. The van der Waals surface area contributed by atoms with Crippen LogP contribution in [0.25, 0.3) is 0 Å². The maximum atomic E-state index is 13.4. The van der Waals surface area contributed by atoms with Gasteiger partial charge in [0.25, 0.3) is 17.6 Å². The molecule has 1 aromatic heterocycles. The summed E-state index contributed by atoms with van der Waals surface area (Å²) < 4.78 is 28.0. The molecule has 9 heteroatoms. The number of benzene rings is 1. The van der Waals surface area contributed by atoms with Crippen molar-refractivity contribution in [2.45, 2.75) is 26.3 Å². The second-order valence-electron chi connectivity index (χ2n) is 6.97. The minimum atomic E-state index is -1.22. The highest BCUT2D eigenvalue weighted by Gasteiger charge is 2.24. The van der Waals surface area contributed by atoms with E-state index in [9.17, 15) is 23.2 Å². The molecule has 27 heavy (non-hydrogen) atoms. The van der Waals surface area contributed by atoms with E-state index in [1.807, 2.05) is 0 Å². The summed E-state index contributed by atoms with van der Waals surface area (Å²) >= 11 is 5.55. The lowest BCUT2D eigenvalue weighted by Crippen LogP contribution is -2.44. The van der Waals surface area contributed by atoms with Crippen LogP contribution < -0.4 is 10.6 Å². The van der Waals surface area contributed by atoms with Gasteiger partial charge in [-0.15, -0.1) is 0 Å². The van der Waals surface area contributed by atoms with E-state index in [4.69, 9.17) is 11.6 Å². The van der Waals surface area contributed by atoms with E-state index in [1.165, 1.54) is 23.9 Å². The summed E-state index contributed by atoms with van der Waals surface area (Å²) in [5.74, 6) is -4.71. The Morgan fingerprint density at radius 1 is 1.11 bits per heavy atom. The van der Waals surface area contributed by atoms with E-state index in [2.05, 4.69) is 10.6 Å². The molecular weight excluding hydrogens is 380 g/mol. The molecular formula is C18H18ClF2N3O3. The lowest BCUT2D eigenvalue weighted by Gasteiger charge is -2.19. The average Bonchev–Trinajstić information content (AvgIpc) is 2.92. The topological polar surface area (TPSA) is 80.2 Å². The van der Waals surface area contributed by atoms with Crippen molar-refractivity contribution in [2.75, 3.05) is 5.32 Å². The summed E-state index contributed by atoms with van der Waals surface area (Å²) in [6.45, 7) is 5.19. The number of hydrogen-bond donors (Lipinski definition) is 2.